The van der Waals surface area contributed by atoms with Gasteiger partial charge in [-0.15, -0.1) is 29.7 Å². The van der Waals surface area contributed by atoms with E-state index >= 15 is 0 Å². The second-order valence-electron chi connectivity index (χ2n) is 18.1. The zero-order valence-corrected chi connectivity index (χ0v) is 40.9. The molecule has 0 aliphatic carbocycles. The quantitative estimate of drug-likeness (QED) is 0.0865. The van der Waals surface area contributed by atoms with Crippen LogP contribution in [0.4, 0.5) is 0 Å². The second-order valence-corrected chi connectivity index (χ2v) is 18.1. The first-order valence-electron chi connectivity index (χ1n) is 30.3. The molecule has 3 aromatic heterocycles. The van der Waals surface area contributed by atoms with E-state index in [1.165, 1.54) is 10.6 Å². The molecule has 13 rings (SSSR count). The van der Waals surface area contributed by atoms with E-state index in [1.807, 2.05) is 36.4 Å². The molecule has 0 spiro atoms. The van der Waals surface area contributed by atoms with E-state index in [1.54, 1.807) is 77.5 Å². The molecule has 0 unspecified atom stereocenters. The Morgan fingerprint density at radius 1 is 0.625 bits per heavy atom. The van der Waals surface area contributed by atoms with Crippen LogP contribution in [0, 0.1) is 18.5 Å². The maximum absolute atomic E-state index is 9.27. The molecule has 1 aliphatic heterocycles. The van der Waals surface area contributed by atoms with Crippen molar-refractivity contribution in [3.8, 4) is 62.4 Å². The minimum atomic E-state index is -1.10. The molecule has 6 nitrogen and oxygen atoms in total. The van der Waals surface area contributed by atoms with Gasteiger partial charge in [0.1, 0.15) is 17.3 Å². The average molecular weight is 1120 g/mol. The van der Waals surface area contributed by atoms with Gasteiger partial charge in [0, 0.05) is 44.3 Å². The van der Waals surface area contributed by atoms with E-state index in [2.05, 4.69) is 55.9 Å². The fourth-order valence-electron chi connectivity index (χ4n) is 9.58. The summed E-state index contributed by atoms with van der Waals surface area (Å²) in [5.74, 6) is 1.85. The number of imidazole rings is 1. The fraction of sp³-hybridized carbons (Fsp3) is 0.0625. The Hall–Kier alpha value is -8.25. The molecular weight excluding hydrogens is 1060 g/mol. The number of hydrogen-bond donors (Lipinski definition) is 0. The van der Waals surface area contributed by atoms with Gasteiger partial charge in [-0.25, -0.2) is 4.98 Å². The van der Waals surface area contributed by atoms with E-state index < -0.39 is 97.3 Å². The van der Waals surface area contributed by atoms with Crippen LogP contribution in [-0.2, 0) is 26.5 Å². The summed E-state index contributed by atoms with van der Waals surface area (Å²) in [6.07, 6.45) is 5.08. The molecule has 0 N–H and O–H groups in total. The Morgan fingerprint density at radius 3 is 2.06 bits per heavy atom. The molecule has 348 valence electrons. The second kappa shape index (κ2) is 18.2. The van der Waals surface area contributed by atoms with Crippen molar-refractivity contribution < 1.29 is 55.7 Å². The number of nitrogens with zero attached hydrogens (tertiary/aromatic N) is 4. The number of hydrogen-bond acceptors (Lipinski definition) is 3. The predicted octanol–water partition coefficient (Wildman–Crippen LogP) is 12.8. The van der Waals surface area contributed by atoms with Gasteiger partial charge in [0.2, 0.25) is 0 Å². The van der Waals surface area contributed by atoms with Crippen LogP contribution in [0.15, 0.2) is 218 Å². The first kappa shape index (κ1) is 31.2. The van der Waals surface area contributed by atoms with Crippen LogP contribution in [0.2, 0.25) is 0 Å². The van der Waals surface area contributed by atoms with E-state index in [0.29, 0.717) is 39.4 Å². The third kappa shape index (κ3) is 7.82. The van der Waals surface area contributed by atoms with Gasteiger partial charge in [-0.2, -0.15) is 18.2 Å². The van der Waals surface area contributed by atoms with Crippen molar-refractivity contribution in [2.75, 3.05) is 0 Å². The molecule has 12 aromatic rings. The third-order valence-corrected chi connectivity index (χ3v) is 12.8. The van der Waals surface area contributed by atoms with Gasteiger partial charge in [0.25, 0.3) is 13.0 Å². The summed E-state index contributed by atoms with van der Waals surface area (Å²) in [4.78, 5) is 4.81. The van der Waals surface area contributed by atoms with Crippen LogP contribution in [0.3, 0.4) is 0 Å². The molecular formula is C64H45BN4O2Pt-2. The van der Waals surface area contributed by atoms with E-state index in [4.69, 9.17) is 26.8 Å². The minimum absolute atomic E-state index is 0. The van der Waals surface area contributed by atoms with Crippen LogP contribution >= 0.6 is 0 Å². The average Bonchev–Trinajstić information content (AvgIpc) is 1.81. The summed E-state index contributed by atoms with van der Waals surface area (Å²) in [6, 6.07) is 34.0. The van der Waals surface area contributed by atoms with Crippen molar-refractivity contribution in [2.45, 2.75) is 26.2 Å². The summed E-state index contributed by atoms with van der Waals surface area (Å²) < 4.78 is 152. The monoisotopic (exact) mass is 1120 g/mol. The number of rotatable bonds is 8. The fourth-order valence-corrected chi connectivity index (χ4v) is 9.58. The molecule has 0 bridgehead atoms. The summed E-state index contributed by atoms with van der Waals surface area (Å²) >= 11 is 0. The topological polar surface area (TPSA) is 45.1 Å². The van der Waals surface area contributed by atoms with Crippen molar-refractivity contribution in [2.24, 2.45) is 0 Å². The van der Waals surface area contributed by atoms with Crippen LogP contribution in [-0.4, -0.2) is 20.8 Å². The molecule has 4 heterocycles. The molecule has 0 amide bonds. The summed E-state index contributed by atoms with van der Waals surface area (Å²) in [5, 5.41) is 1.93. The normalized spacial score (nSPS) is 15.0. The maximum atomic E-state index is 9.27. The first-order chi connectivity index (χ1) is 41.0. The van der Waals surface area contributed by atoms with Gasteiger partial charge in [0.05, 0.1) is 37.3 Å². The SMILES string of the molecule is [2H]c1c([2H])c([2H])c(-c2cccc(-c3c([2H])c([2H])c([2H])c([2H])c3[2H])c2B2c3ccccc3Oc3cc4c(cc32)[n+](-c2c([2H])c([2H])c([2H])c([2H])c2[2H])[c-]n4-c2[c-]c(Oc3[c-]c4c(cc3)c3ccccc3n4-c3cc(C(C)(C)C)ccn3)ccc2)c([2H])c1[2H].[Pt]. The zero-order valence-electron chi connectivity index (χ0n) is 53.6. The maximum Gasteiger partial charge on any atom is 0.268 e. The Labute approximate surface area is 454 Å². The van der Waals surface area contributed by atoms with Gasteiger partial charge in [-0.1, -0.05) is 171 Å². The smallest absolute Gasteiger partial charge is 0.268 e. The summed E-state index contributed by atoms with van der Waals surface area (Å²) in [6.45, 7) is 5.33. The molecule has 9 aromatic carbocycles. The number of benzene rings is 9. The van der Waals surface area contributed by atoms with Gasteiger partial charge in [-0.3, -0.25) is 4.57 Å². The van der Waals surface area contributed by atoms with Gasteiger partial charge in [-0.05, 0) is 97.6 Å². The van der Waals surface area contributed by atoms with Crippen molar-refractivity contribution in [3.63, 3.8) is 0 Å². The van der Waals surface area contributed by atoms with Crippen molar-refractivity contribution in [1.29, 1.82) is 0 Å². The zero-order chi connectivity index (χ0) is 60.7. The number of para-hydroxylation sites is 3. The number of aromatic nitrogens is 4. The van der Waals surface area contributed by atoms with Crippen molar-refractivity contribution in [3.05, 3.63) is 242 Å². The Morgan fingerprint density at radius 2 is 1.31 bits per heavy atom. The van der Waals surface area contributed by atoms with Crippen LogP contribution in [0.25, 0.3) is 72.3 Å². The Bertz CT molecular complexity index is 4760. The molecule has 0 saturated heterocycles. The minimum Gasteiger partial charge on any atom is -0.510 e. The largest absolute Gasteiger partial charge is 0.510 e. The number of pyridine rings is 1. The van der Waals surface area contributed by atoms with Crippen LogP contribution < -0.4 is 30.4 Å². The van der Waals surface area contributed by atoms with Crippen LogP contribution in [0.1, 0.15) is 46.9 Å². The van der Waals surface area contributed by atoms with E-state index in [-0.39, 0.29) is 76.9 Å². The molecule has 0 atom stereocenters. The predicted molar refractivity (Wildman–Crippen MR) is 287 cm³/mol. The molecule has 1 aliphatic rings. The molecule has 8 heteroatoms. The van der Waals surface area contributed by atoms with Crippen LogP contribution in [0.5, 0.6) is 23.0 Å². The molecule has 72 heavy (non-hydrogen) atoms. The van der Waals surface area contributed by atoms with Gasteiger partial charge >= 0.3 is 0 Å². The molecule has 0 fully saturated rings. The van der Waals surface area contributed by atoms with Crippen molar-refractivity contribution in [1.82, 2.24) is 14.1 Å². The molecule has 0 saturated carbocycles. The molecule has 0 radical (unpaired) electrons. The standard InChI is InChI=1S/C64H45BN4O2.Pt/c1-64(2,3)45-35-36-66-62(37-45)69-56-31-15-13-27-52(56)53-34-33-49(39-57(53)69)70-48-26-17-25-47(38-48)68-42-67(46-23-11-6-12-24-46)58-40-55-61(41-59(58)68)71-60-32-16-14-30-54(60)65(55)63-50(43-19-7-4-8-20-43)28-18-29-51(63)44-21-9-5-10-22-44;/h4-37,40-41H,1-3H3;/q-2;/i4D,5D,6D,7D,8D,9D,10D,11D,12D,19D,20D,21D,22D,23D,24D;. The van der Waals surface area contributed by atoms with Gasteiger partial charge < -0.3 is 18.6 Å². The Balaban J connectivity index is 0.00000739. The van der Waals surface area contributed by atoms with Crippen molar-refractivity contribution >= 4 is 55.9 Å². The first-order valence-corrected chi connectivity index (χ1v) is 22.8. The van der Waals surface area contributed by atoms with Gasteiger partial charge in [0.15, 0.2) is 0 Å². The van der Waals surface area contributed by atoms with E-state index in [9.17, 15) is 8.22 Å². The number of fused-ring (bicyclic) bond motifs is 6. The summed E-state index contributed by atoms with van der Waals surface area (Å²) in [5.41, 5.74) is 3.93. The third-order valence-electron chi connectivity index (χ3n) is 12.8. The Kier molecular flexibility index (Phi) is 7.87. The van der Waals surface area contributed by atoms with E-state index in [0.717, 1.165) is 27.4 Å². The summed E-state index contributed by atoms with van der Waals surface area (Å²) in [7, 11) is 0. The number of ether oxygens (including phenoxy) is 2.